The minimum absolute atomic E-state index is 0.184. The predicted molar refractivity (Wildman–Crippen MR) is 107 cm³/mol. The highest BCUT2D eigenvalue weighted by Crippen LogP contribution is 2.31. The topological polar surface area (TPSA) is 109 Å². The second-order valence-electron chi connectivity index (χ2n) is 8.26. The van der Waals surface area contributed by atoms with Gasteiger partial charge in [-0.15, -0.1) is 5.10 Å². The van der Waals surface area contributed by atoms with Crippen molar-refractivity contribution in [1.82, 2.24) is 30.5 Å². The Morgan fingerprint density at radius 2 is 1.93 bits per heavy atom. The highest BCUT2D eigenvalue weighted by molar-refractivity contribution is 6.05. The molecule has 156 valence electrons. The van der Waals surface area contributed by atoms with Crippen LogP contribution >= 0.6 is 0 Å². The lowest BCUT2D eigenvalue weighted by molar-refractivity contribution is -0.136. The summed E-state index contributed by atoms with van der Waals surface area (Å²) in [5.41, 5.74) is 3.17. The molecule has 2 saturated heterocycles. The quantitative estimate of drug-likeness (QED) is 0.716. The van der Waals surface area contributed by atoms with E-state index in [2.05, 4.69) is 20.9 Å². The summed E-state index contributed by atoms with van der Waals surface area (Å²) in [5.74, 6) is -0.261. The molecule has 1 atom stereocenters. The Morgan fingerprint density at radius 3 is 2.73 bits per heavy atom. The number of nitrogens with one attached hydrogen (secondary N) is 2. The van der Waals surface area contributed by atoms with E-state index in [1.54, 1.807) is 15.6 Å². The normalized spacial score (nSPS) is 22.3. The van der Waals surface area contributed by atoms with E-state index in [1.165, 1.54) is 0 Å². The average molecular weight is 408 g/mol. The summed E-state index contributed by atoms with van der Waals surface area (Å²) in [6.07, 6.45) is 5.72. The first-order valence-corrected chi connectivity index (χ1v) is 10.5. The summed E-state index contributed by atoms with van der Waals surface area (Å²) in [4.78, 5) is 38.3. The maximum atomic E-state index is 13.0. The van der Waals surface area contributed by atoms with Gasteiger partial charge >= 0.3 is 0 Å². The number of hydrogen-bond acceptors (Lipinski definition) is 6. The molecule has 1 aromatic heterocycles. The lowest BCUT2D eigenvalue weighted by atomic mass is 9.93. The van der Waals surface area contributed by atoms with Crippen LogP contribution in [0.1, 0.15) is 47.3 Å². The van der Waals surface area contributed by atoms with Crippen molar-refractivity contribution < 1.29 is 14.4 Å². The second-order valence-corrected chi connectivity index (χ2v) is 8.26. The monoisotopic (exact) mass is 408 g/mol. The molecule has 9 nitrogen and oxygen atoms in total. The summed E-state index contributed by atoms with van der Waals surface area (Å²) >= 11 is 0. The van der Waals surface area contributed by atoms with Gasteiger partial charge in [-0.25, -0.2) is 4.68 Å². The van der Waals surface area contributed by atoms with Gasteiger partial charge < -0.3 is 10.2 Å². The maximum Gasteiger partial charge on any atom is 0.255 e. The average Bonchev–Trinajstić information content (AvgIpc) is 3.34. The number of hydrogen-bond donors (Lipinski definition) is 2. The zero-order valence-corrected chi connectivity index (χ0v) is 16.6. The van der Waals surface area contributed by atoms with E-state index in [0.717, 1.165) is 49.3 Å². The maximum absolute atomic E-state index is 13.0. The van der Waals surface area contributed by atoms with Crippen LogP contribution in [0.25, 0.3) is 5.69 Å². The van der Waals surface area contributed by atoms with Gasteiger partial charge in [-0.2, -0.15) is 0 Å². The van der Waals surface area contributed by atoms with Gasteiger partial charge in [0.05, 0.1) is 17.6 Å². The van der Waals surface area contributed by atoms with E-state index in [0.29, 0.717) is 24.4 Å². The van der Waals surface area contributed by atoms with Crippen LogP contribution in [0.5, 0.6) is 0 Å². The third-order valence-corrected chi connectivity index (χ3v) is 6.30. The van der Waals surface area contributed by atoms with Gasteiger partial charge in [0.15, 0.2) is 0 Å². The summed E-state index contributed by atoms with van der Waals surface area (Å²) in [6.45, 7) is 2.41. The van der Waals surface area contributed by atoms with Crippen LogP contribution in [0.3, 0.4) is 0 Å². The van der Waals surface area contributed by atoms with Gasteiger partial charge in [0.1, 0.15) is 6.04 Å². The first-order chi connectivity index (χ1) is 14.6. The molecule has 2 aromatic rings. The van der Waals surface area contributed by atoms with Crippen molar-refractivity contribution in [2.45, 2.75) is 44.7 Å². The smallest absolute Gasteiger partial charge is 0.255 e. The molecule has 0 spiro atoms. The molecule has 0 radical (unpaired) electrons. The van der Waals surface area contributed by atoms with Gasteiger partial charge in [0, 0.05) is 24.1 Å². The molecular formula is C21H24N6O3. The zero-order chi connectivity index (χ0) is 20.7. The fourth-order valence-corrected chi connectivity index (χ4v) is 4.68. The molecular weight excluding hydrogens is 384 g/mol. The Bertz CT molecular complexity index is 1010. The van der Waals surface area contributed by atoms with Crippen LogP contribution < -0.4 is 10.6 Å². The van der Waals surface area contributed by atoms with E-state index in [1.807, 2.05) is 18.3 Å². The molecule has 0 bridgehead atoms. The molecule has 9 heteroatoms. The number of benzene rings is 1. The van der Waals surface area contributed by atoms with Gasteiger partial charge in [-0.05, 0) is 56.8 Å². The molecule has 1 aromatic carbocycles. The van der Waals surface area contributed by atoms with E-state index in [-0.39, 0.29) is 18.2 Å². The van der Waals surface area contributed by atoms with Crippen LogP contribution in [-0.2, 0) is 22.6 Å². The third-order valence-electron chi connectivity index (χ3n) is 6.30. The lowest BCUT2D eigenvalue weighted by Crippen LogP contribution is -2.52. The van der Waals surface area contributed by atoms with Crippen LogP contribution in [-0.4, -0.2) is 56.7 Å². The number of aromatic nitrogens is 3. The molecule has 30 heavy (non-hydrogen) atoms. The summed E-state index contributed by atoms with van der Waals surface area (Å²) in [6, 6.07) is 4.90. The van der Waals surface area contributed by atoms with Crippen LogP contribution in [0.4, 0.5) is 0 Å². The third kappa shape index (κ3) is 3.39. The van der Waals surface area contributed by atoms with E-state index >= 15 is 0 Å². The molecule has 0 aliphatic carbocycles. The van der Waals surface area contributed by atoms with Crippen LogP contribution in [0.15, 0.2) is 24.4 Å². The van der Waals surface area contributed by atoms with Crippen LogP contribution in [0, 0.1) is 5.92 Å². The summed E-state index contributed by atoms with van der Waals surface area (Å²) in [5, 5.41) is 14.4. The fourth-order valence-electron chi connectivity index (χ4n) is 4.68. The largest absolute Gasteiger partial charge is 0.322 e. The SMILES string of the molecule is O=C1CCC(N2Cc3c(cccc3-n3cc(CC4CCNCC4)nn3)C2=O)C(=O)N1. The van der Waals surface area contributed by atoms with Crippen LogP contribution in [0.2, 0.25) is 0 Å². The predicted octanol–water partition coefficient (Wildman–Crippen LogP) is 0.570. The first-order valence-electron chi connectivity index (χ1n) is 10.5. The molecule has 2 N–H and O–H groups in total. The molecule has 3 amide bonds. The highest BCUT2D eigenvalue weighted by Gasteiger charge is 2.40. The van der Waals surface area contributed by atoms with Crippen molar-refractivity contribution in [3.8, 4) is 5.69 Å². The Hall–Kier alpha value is -3.07. The molecule has 2 fully saturated rings. The molecule has 3 aliphatic heterocycles. The highest BCUT2D eigenvalue weighted by atomic mass is 16.2. The molecule has 3 aliphatic rings. The summed E-state index contributed by atoms with van der Waals surface area (Å²) in [7, 11) is 0. The number of carbonyl (C=O) groups is 3. The van der Waals surface area contributed by atoms with Crippen molar-refractivity contribution >= 4 is 17.7 Å². The molecule has 5 rings (SSSR count). The van der Waals surface area contributed by atoms with Crippen molar-refractivity contribution in [3.05, 3.63) is 41.2 Å². The standard InChI is InChI=1S/C21H24N6O3/c28-19-5-4-18(20(29)23-19)26-12-16-15(21(26)30)2-1-3-17(16)27-11-14(24-25-27)10-13-6-8-22-9-7-13/h1-3,11,13,18,22H,4-10,12H2,(H,23,28,29). The van der Waals surface area contributed by atoms with E-state index in [4.69, 9.17) is 0 Å². The van der Waals surface area contributed by atoms with E-state index in [9.17, 15) is 14.4 Å². The van der Waals surface area contributed by atoms with Crippen molar-refractivity contribution in [2.24, 2.45) is 5.92 Å². The Labute approximate surface area is 173 Å². The minimum atomic E-state index is -0.623. The summed E-state index contributed by atoms with van der Waals surface area (Å²) < 4.78 is 1.73. The fraction of sp³-hybridized carbons (Fsp3) is 0.476. The van der Waals surface area contributed by atoms with Crippen molar-refractivity contribution in [1.29, 1.82) is 0 Å². The second kappa shape index (κ2) is 7.64. The van der Waals surface area contributed by atoms with Gasteiger partial charge in [0.2, 0.25) is 11.8 Å². The molecule has 0 saturated carbocycles. The zero-order valence-electron chi connectivity index (χ0n) is 16.6. The van der Waals surface area contributed by atoms with Gasteiger partial charge in [-0.1, -0.05) is 11.3 Å². The number of nitrogens with zero attached hydrogens (tertiary/aromatic N) is 4. The minimum Gasteiger partial charge on any atom is -0.322 e. The van der Waals surface area contributed by atoms with Gasteiger partial charge in [-0.3, -0.25) is 19.7 Å². The number of piperidine rings is 2. The number of rotatable bonds is 4. The Balaban J connectivity index is 1.38. The number of carbonyl (C=O) groups excluding carboxylic acids is 3. The number of imide groups is 1. The number of fused-ring (bicyclic) bond motifs is 1. The van der Waals surface area contributed by atoms with Crippen molar-refractivity contribution in [2.75, 3.05) is 13.1 Å². The molecule has 4 heterocycles. The number of amides is 3. The Morgan fingerprint density at radius 1 is 1.10 bits per heavy atom. The first kappa shape index (κ1) is 18.9. The van der Waals surface area contributed by atoms with Gasteiger partial charge in [0.25, 0.3) is 5.91 Å². The molecule has 1 unspecified atom stereocenters. The van der Waals surface area contributed by atoms with E-state index < -0.39 is 11.9 Å². The lowest BCUT2D eigenvalue weighted by Gasteiger charge is -2.29. The Kier molecular flexibility index (Phi) is 4.82. The van der Waals surface area contributed by atoms with Crippen molar-refractivity contribution in [3.63, 3.8) is 0 Å².